The molecule has 4 rings (SSSR count). The van der Waals surface area contributed by atoms with E-state index in [-0.39, 0.29) is 37.1 Å². The number of nitrogens with two attached hydrogens (primary N) is 3. The van der Waals surface area contributed by atoms with Crippen molar-refractivity contribution in [2.45, 2.75) is 223 Å². The maximum absolute atomic E-state index is 14.9. The predicted molar refractivity (Wildman–Crippen MR) is 414 cm³/mol. The summed E-state index contributed by atoms with van der Waals surface area (Å²) in [6.45, 7) is 3.37. The number of carboxylic acids is 4. The number of para-hydroxylation sites is 2. The van der Waals surface area contributed by atoms with Crippen molar-refractivity contribution in [3.8, 4) is 0 Å². The third-order valence-electron chi connectivity index (χ3n) is 18.9. The smallest absolute Gasteiger partial charge is 0.329 e. The molecule has 1 aliphatic heterocycles. The lowest BCUT2D eigenvalue weighted by Gasteiger charge is -2.30. The van der Waals surface area contributed by atoms with E-state index in [4.69, 9.17) is 21.9 Å². The normalized spacial score (nSPS) is 21.2. The Morgan fingerprint density at radius 1 is 0.551 bits per heavy atom. The molecule has 2 heterocycles. The first-order valence-electron chi connectivity index (χ1n) is 38.2. The molecule has 14 atom stereocenters. The minimum absolute atomic E-state index is 0.0195. The van der Waals surface area contributed by atoms with Gasteiger partial charge in [0, 0.05) is 47.6 Å². The summed E-state index contributed by atoms with van der Waals surface area (Å²) in [5.41, 5.74) is 18.1. The predicted octanol–water partition coefficient (Wildman–Crippen LogP) is -4.60. The lowest BCUT2D eigenvalue weighted by Crippen LogP contribution is -2.62. The van der Waals surface area contributed by atoms with Crippen LogP contribution >= 0.6 is 0 Å². The molecule has 2 aromatic carbocycles. The molecule has 1 fully saturated rings. The Bertz CT molecular complexity index is 4120. The van der Waals surface area contributed by atoms with Crippen LogP contribution < -0.4 is 86.3 Å². The lowest BCUT2D eigenvalue weighted by molar-refractivity contribution is -0.156. The van der Waals surface area contributed by atoms with Crippen LogP contribution in [0.4, 0.5) is 5.69 Å². The number of cyclic esters (lactones) is 1. The van der Waals surface area contributed by atoms with E-state index < -0.39 is 261 Å². The zero-order chi connectivity index (χ0) is 88.0. The monoisotopic (exact) mass is 1660 g/mol. The summed E-state index contributed by atoms with van der Waals surface area (Å²) in [6.07, 6.45) is -1.15. The van der Waals surface area contributed by atoms with Crippen molar-refractivity contribution in [3.05, 3.63) is 65.9 Å². The van der Waals surface area contributed by atoms with Gasteiger partial charge in [-0.15, -0.1) is 0 Å². The number of primary amides is 1. The number of aromatic nitrogens is 1. The van der Waals surface area contributed by atoms with E-state index in [9.17, 15) is 121 Å². The van der Waals surface area contributed by atoms with Gasteiger partial charge in [-0.2, -0.15) is 0 Å². The Hall–Kier alpha value is -12.7. The van der Waals surface area contributed by atoms with Crippen molar-refractivity contribution >= 4 is 135 Å². The molecule has 43 heteroatoms. The van der Waals surface area contributed by atoms with Gasteiger partial charge in [0.05, 0.1) is 51.8 Å². The van der Waals surface area contributed by atoms with Crippen molar-refractivity contribution in [3.63, 3.8) is 0 Å². The van der Waals surface area contributed by atoms with Crippen LogP contribution in [0.25, 0.3) is 10.9 Å². The number of carbonyl (C=O) groups is 20. The number of ether oxygens (including phenoxy) is 1. The molecule has 648 valence electrons. The molecule has 1 saturated heterocycles. The van der Waals surface area contributed by atoms with E-state index in [0.717, 1.165) is 59.3 Å². The molecule has 3 aromatic rings. The average molecular weight is 1660 g/mol. The van der Waals surface area contributed by atoms with Crippen LogP contribution in [0.15, 0.2) is 54.7 Å². The summed E-state index contributed by atoms with van der Waals surface area (Å²) in [5, 5.41) is 78.8. The highest BCUT2D eigenvalue weighted by atomic mass is 16.5. The molecule has 0 bridgehead atoms. The molecule has 14 amide bonds. The summed E-state index contributed by atoms with van der Waals surface area (Å²) < 4.78 is 5.69. The molecule has 1 aromatic heterocycles. The van der Waals surface area contributed by atoms with Crippen LogP contribution in [0.2, 0.25) is 0 Å². The van der Waals surface area contributed by atoms with Gasteiger partial charge in [-0.3, -0.25) is 91.1 Å². The van der Waals surface area contributed by atoms with Gasteiger partial charge in [-0.05, 0) is 75.3 Å². The standard InChI is InChI=1S/C75H107N17O26/c1-6-37(2)18-11-9-7-8-10-12-24-56(96)84-47(27-41-33-79-45-22-16-14-19-42(41)45)69(111)87-48(29-55(78)95)70(112)89-51(32-62(105)106)71(113)92-64-40(5)118-75(117)52(28-54(94)43-20-13-15-21-44(43)77)90-74(116)63(38(3)26-59(99)100)91-72(114)53(36-93)85-58(98)34-80-66(108)49(30-60(101)102)86-65(107)39(4)82-68(110)50(31-61(103)104)88-67(109)46(23-17-25-76)83-57(97)35-81-73(64)115/h13-16,19-22,33,37-40,46-53,63-64,79,93H,6-12,17-18,23-32,34-36,76-77H2,1-5H3,(H2,78,95)(H,80,108)(H,81,115)(H,82,110)(H,83,97)(H,84,96)(H,85,98)(H,86,107)(H,87,111)(H,88,109)(H,89,112)(H,90,116)(H,91,114)(H,92,113)(H,99,100)(H,101,102)(H,103,104)(H,105,106)/t37?,38-,39+,40?,46-,47-,48+,49-,50?,51-,52-,53+,63?,64?/m0/s1. The van der Waals surface area contributed by atoms with Crippen LogP contribution in [0.5, 0.6) is 0 Å². The SMILES string of the molecule is CCC(C)CCCCCCCCC(=O)N[C@@H](Cc1c[nH]c2ccccc12)C(=O)N[C@H](CC(N)=O)C(=O)N[C@@H](CC(=O)O)C(=O)NC1C(=O)NCC(=O)N[C@@H](CCCN)C(=O)NC(CC(=O)O)C(=O)N[C@H](C)C(=O)N[C@@H](CC(=O)O)C(=O)NCC(=O)N[C@H](CO)C(=O)NC([C@@H](C)CC(=O)O)C(=O)N[C@@H](CC(=O)c2ccccc2N)C(=O)OC1C. The molecular weight excluding hydrogens is 1550 g/mol. The zero-order valence-corrected chi connectivity index (χ0v) is 65.9. The lowest BCUT2D eigenvalue weighted by atomic mass is 9.96. The number of rotatable bonds is 37. The first kappa shape index (κ1) is 97.7. The Morgan fingerprint density at radius 2 is 1.09 bits per heavy atom. The number of esters is 1. The number of nitrogens with one attached hydrogen (secondary N) is 14. The number of aromatic amines is 1. The third-order valence-corrected chi connectivity index (χ3v) is 18.9. The van der Waals surface area contributed by atoms with Gasteiger partial charge in [0.1, 0.15) is 72.6 Å². The summed E-state index contributed by atoms with van der Waals surface area (Å²) in [5.74, 6) is -29.1. The Labute approximate surface area is 676 Å². The minimum atomic E-state index is -2.45. The molecule has 25 N–H and O–H groups in total. The van der Waals surface area contributed by atoms with Crippen molar-refractivity contribution in [1.82, 2.24) is 74.1 Å². The van der Waals surface area contributed by atoms with Gasteiger partial charge in [0.15, 0.2) is 5.78 Å². The first-order valence-corrected chi connectivity index (χ1v) is 38.2. The number of hydrogen-bond acceptors (Lipinski definition) is 24. The Balaban J connectivity index is 1.86. The molecule has 118 heavy (non-hydrogen) atoms. The summed E-state index contributed by atoms with van der Waals surface area (Å²) in [7, 11) is 0. The van der Waals surface area contributed by atoms with Crippen molar-refractivity contribution in [1.29, 1.82) is 0 Å². The van der Waals surface area contributed by atoms with Crippen LogP contribution in [0, 0.1) is 11.8 Å². The summed E-state index contributed by atoms with van der Waals surface area (Å²) in [6, 6.07) is -10.5. The largest absolute Gasteiger partial charge is 0.481 e. The number of H-pyrrole nitrogens is 1. The first-order chi connectivity index (χ1) is 55.7. The fraction of sp³-hybridized carbons (Fsp3) is 0.547. The van der Waals surface area contributed by atoms with E-state index in [2.05, 4.69) is 72.0 Å². The van der Waals surface area contributed by atoms with Crippen molar-refractivity contribution < 1.29 is 126 Å². The molecule has 0 saturated carbocycles. The second-order valence-electron chi connectivity index (χ2n) is 28.6. The number of anilines is 1. The van der Waals surface area contributed by atoms with Gasteiger partial charge in [0.25, 0.3) is 0 Å². The highest BCUT2D eigenvalue weighted by Crippen LogP contribution is 2.22. The van der Waals surface area contributed by atoms with E-state index in [1.165, 1.54) is 24.3 Å². The van der Waals surface area contributed by atoms with Gasteiger partial charge in [0.2, 0.25) is 82.7 Å². The van der Waals surface area contributed by atoms with Crippen LogP contribution in [-0.4, -0.2) is 248 Å². The van der Waals surface area contributed by atoms with Crippen LogP contribution in [-0.2, 0) is 102 Å². The van der Waals surface area contributed by atoms with Crippen LogP contribution in [0.3, 0.4) is 0 Å². The zero-order valence-electron chi connectivity index (χ0n) is 65.9. The number of carbonyl (C=O) groups excluding carboxylic acids is 16. The molecule has 43 nitrogen and oxygen atoms in total. The second kappa shape index (κ2) is 49.3. The fourth-order valence-corrected chi connectivity index (χ4v) is 12.2. The number of aliphatic hydroxyl groups excluding tert-OH is 1. The van der Waals surface area contributed by atoms with Gasteiger partial charge < -0.3 is 122 Å². The van der Waals surface area contributed by atoms with E-state index in [0.29, 0.717) is 35.2 Å². The number of amides is 14. The highest BCUT2D eigenvalue weighted by Gasteiger charge is 2.41. The Morgan fingerprint density at radius 3 is 1.69 bits per heavy atom. The van der Waals surface area contributed by atoms with Gasteiger partial charge >= 0.3 is 29.8 Å². The second-order valence-corrected chi connectivity index (χ2v) is 28.6. The van der Waals surface area contributed by atoms with Crippen LogP contribution in [0.1, 0.15) is 160 Å². The van der Waals surface area contributed by atoms with Gasteiger partial charge in [-0.25, -0.2) is 4.79 Å². The van der Waals surface area contributed by atoms with E-state index in [1.807, 2.05) is 16.0 Å². The van der Waals surface area contributed by atoms with Gasteiger partial charge in [-0.1, -0.05) is 96.0 Å². The number of aliphatic hydroxyl groups is 1. The highest BCUT2D eigenvalue weighted by molar-refractivity contribution is 6.05. The summed E-state index contributed by atoms with van der Waals surface area (Å²) in [4.78, 5) is 277. The number of unbranched alkanes of at least 4 members (excludes halogenated alkanes) is 5. The molecule has 5 unspecified atom stereocenters. The Kier molecular flexibility index (Phi) is 40.8. The topological polar surface area (TPSA) is 702 Å². The molecule has 0 radical (unpaired) electrons. The molecule has 0 aliphatic carbocycles. The number of hydrogen-bond donors (Lipinski definition) is 22. The van der Waals surface area contributed by atoms with E-state index >= 15 is 0 Å². The maximum atomic E-state index is 14.9. The summed E-state index contributed by atoms with van der Waals surface area (Å²) >= 11 is 0. The average Bonchev–Trinajstić information content (AvgIpc) is 1.69. The number of benzene rings is 2. The maximum Gasteiger partial charge on any atom is 0.329 e. The molecular formula is C75H107N17O26. The minimum Gasteiger partial charge on any atom is -0.481 e. The number of ketones is 1. The number of aliphatic carboxylic acids is 4. The number of nitrogen functional groups attached to an aromatic ring is 1. The van der Waals surface area contributed by atoms with Crippen molar-refractivity contribution in [2.75, 3.05) is 32.0 Å². The molecule has 0 spiro atoms. The van der Waals surface area contributed by atoms with Crippen molar-refractivity contribution in [2.24, 2.45) is 23.3 Å². The fourth-order valence-electron chi connectivity index (χ4n) is 12.2. The third kappa shape index (κ3) is 33.6. The van der Waals surface area contributed by atoms with E-state index in [1.54, 1.807) is 30.5 Å². The number of Topliss-reactive ketones (excluding diaryl/α,β-unsaturated/α-hetero) is 1. The number of carboxylic acid groups (broad SMARTS) is 4. The molecule has 1 aliphatic rings. The number of fused-ring (bicyclic) bond motifs is 1. The quantitative estimate of drug-likeness (QED) is 0.0112.